The molecule has 0 aliphatic heterocycles. The van der Waals surface area contributed by atoms with Crippen LogP contribution >= 0.6 is 0 Å². The summed E-state index contributed by atoms with van der Waals surface area (Å²) in [5.74, 6) is 0.480. The number of allylic oxidation sites excluding steroid dienone is 5. The smallest absolute Gasteiger partial charge is 0.155 e. The summed E-state index contributed by atoms with van der Waals surface area (Å²) in [6.07, 6.45) is 11.0. The molecule has 0 saturated carbocycles. The van der Waals surface area contributed by atoms with Gasteiger partial charge < -0.3 is 9.84 Å². The lowest BCUT2D eigenvalue weighted by atomic mass is 10.0. The fraction of sp³-hybridized carbons (Fsp3) is 0.700. The molecule has 0 spiro atoms. The summed E-state index contributed by atoms with van der Waals surface area (Å²) in [7, 11) is 0. The average Bonchev–Trinajstić information content (AvgIpc) is 2.37. The van der Waals surface area contributed by atoms with Crippen LogP contribution in [0.4, 0.5) is 0 Å². The molecule has 0 amide bonds. The monoisotopic (exact) mass is 308 g/mol. The van der Waals surface area contributed by atoms with E-state index in [0.29, 0.717) is 18.9 Å². The van der Waals surface area contributed by atoms with Gasteiger partial charge in [-0.15, -0.1) is 0 Å². The first-order valence-corrected chi connectivity index (χ1v) is 8.53. The van der Waals surface area contributed by atoms with Crippen LogP contribution in [0.15, 0.2) is 34.9 Å². The van der Waals surface area contributed by atoms with Crippen LogP contribution in [0.3, 0.4) is 0 Å². The number of aliphatic hydroxyl groups excluding tert-OH is 1. The zero-order valence-electron chi connectivity index (χ0n) is 15.5. The molecule has 0 heterocycles. The van der Waals surface area contributed by atoms with Crippen molar-refractivity contribution < 1.29 is 9.84 Å². The van der Waals surface area contributed by atoms with Crippen molar-refractivity contribution in [3.05, 3.63) is 34.9 Å². The second-order valence-electron chi connectivity index (χ2n) is 6.86. The van der Waals surface area contributed by atoms with Crippen molar-refractivity contribution in [3.63, 3.8) is 0 Å². The molecule has 2 nitrogen and oxygen atoms in total. The molecule has 1 N–H and O–H groups in total. The maximum Gasteiger partial charge on any atom is 0.155 e. The first kappa shape index (κ1) is 21.1. The predicted molar refractivity (Wildman–Crippen MR) is 96.8 cm³/mol. The number of ether oxygens (including phenoxy) is 1. The van der Waals surface area contributed by atoms with Crippen LogP contribution in [0.2, 0.25) is 0 Å². The van der Waals surface area contributed by atoms with Crippen molar-refractivity contribution in [1.29, 1.82) is 0 Å². The van der Waals surface area contributed by atoms with Crippen LogP contribution in [0.1, 0.15) is 73.6 Å². The second-order valence-corrected chi connectivity index (χ2v) is 6.86. The van der Waals surface area contributed by atoms with E-state index in [-0.39, 0.29) is 0 Å². The van der Waals surface area contributed by atoms with E-state index in [2.05, 4.69) is 59.8 Å². The third-order valence-electron chi connectivity index (χ3n) is 3.63. The Bertz CT molecular complexity index is 369. The summed E-state index contributed by atoms with van der Waals surface area (Å²) in [5.41, 5.74) is 4.04. The van der Waals surface area contributed by atoms with Gasteiger partial charge in [0.1, 0.15) is 0 Å². The van der Waals surface area contributed by atoms with Crippen LogP contribution < -0.4 is 0 Å². The van der Waals surface area contributed by atoms with Gasteiger partial charge >= 0.3 is 0 Å². The van der Waals surface area contributed by atoms with Gasteiger partial charge in [0.15, 0.2) is 6.29 Å². The zero-order chi connectivity index (χ0) is 17.0. The zero-order valence-corrected chi connectivity index (χ0v) is 15.5. The summed E-state index contributed by atoms with van der Waals surface area (Å²) >= 11 is 0. The van der Waals surface area contributed by atoms with Crippen LogP contribution in [-0.2, 0) is 4.74 Å². The summed E-state index contributed by atoms with van der Waals surface area (Å²) in [5, 5.41) is 9.91. The van der Waals surface area contributed by atoms with Crippen LogP contribution in [0.5, 0.6) is 0 Å². The van der Waals surface area contributed by atoms with Crippen molar-refractivity contribution >= 4 is 0 Å². The summed E-state index contributed by atoms with van der Waals surface area (Å²) in [6, 6.07) is 0. The maximum atomic E-state index is 9.91. The quantitative estimate of drug-likeness (QED) is 0.387. The van der Waals surface area contributed by atoms with E-state index in [1.54, 1.807) is 0 Å². The molecular weight excluding hydrogens is 272 g/mol. The molecule has 0 aromatic carbocycles. The largest absolute Gasteiger partial charge is 0.368 e. The van der Waals surface area contributed by atoms with Crippen LogP contribution in [0, 0.1) is 5.92 Å². The Labute approximate surface area is 138 Å². The van der Waals surface area contributed by atoms with Gasteiger partial charge in [0, 0.05) is 6.42 Å². The third kappa shape index (κ3) is 14.1. The van der Waals surface area contributed by atoms with E-state index < -0.39 is 6.29 Å². The van der Waals surface area contributed by atoms with Gasteiger partial charge in [0.05, 0.1) is 6.61 Å². The van der Waals surface area contributed by atoms with Gasteiger partial charge in [0.2, 0.25) is 0 Å². The summed E-state index contributed by atoms with van der Waals surface area (Å²) in [6.45, 7) is 13.3. The topological polar surface area (TPSA) is 29.5 Å². The fourth-order valence-electron chi connectivity index (χ4n) is 2.18. The Morgan fingerprint density at radius 3 is 2.14 bits per heavy atom. The third-order valence-corrected chi connectivity index (χ3v) is 3.63. The normalized spacial score (nSPS) is 14.4. The van der Waals surface area contributed by atoms with Gasteiger partial charge in [-0.25, -0.2) is 0 Å². The van der Waals surface area contributed by atoms with Gasteiger partial charge in [-0.3, -0.25) is 0 Å². The van der Waals surface area contributed by atoms with Crippen molar-refractivity contribution in [1.82, 2.24) is 0 Å². The first-order valence-electron chi connectivity index (χ1n) is 8.53. The van der Waals surface area contributed by atoms with Crippen molar-refractivity contribution in [3.8, 4) is 0 Å². The molecule has 0 bridgehead atoms. The molecule has 0 aliphatic carbocycles. The molecule has 0 fully saturated rings. The van der Waals surface area contributed by atoms with Crippen molar-refractivity contribution in [2.24, 2.45) is 5.92 Å². The Hall–Kier alpha value is -0.860. The van der Waals surface area contributed by atoms with Crippen LogP contribution in [0.25, 0.3) is 0 Å². The van der Waals surface area contributed by atoms with Gasteiger partial charge in [-0.2, -0.15) is 0 Å². The Balaban J connectivity index is 3.85. The van der Waals surface area contributed by atoms with E-state index >= 15 is 0 Å². The lowest BCUT2D eigenvalue weighted by Gasteiger charge is -2.16. The molecule has 0 saturated heterocycles. The van der Waals surface area contributed by atoms with E-state index in [9.17, 15) is 5.11 Å². The average molecular weight is 309 g/mol. The highest BCUT2D eigenvalue weighted by molar-refractivity contribution is 5.02. The SMILES string of the molecule is CC(C)=CCC/C(C)=C\CO[C@H](O)CC(C)CCC=C(C)C. The molecule has 0 aromatic rings. The van der Waals surface area contributed by atoms with Crippen molar-refractivity contribution in [2.45, 2.75) is 79.9 Å². The molecule has 1 unspecified atom stereocenters. The standard InChI is InChI=1S/C20H36O2/c1-16(2)9-7-11-18(5)13-14-22-20(21)15-19(6)12-8-10-17(3)4/h9-10,13,19-21H,7-8,11-12,14-15H2,1-6H3/b18-13-/t19?,20-/m0/s1. The lowest BCUT2D eigenvalue weighted by molar-refractivity contribution is -0.101. The predicted octanol–water partition coefficient (Wildman–Crippen LogP) is 5.79. The lowest BCUT2D eigenvalue weighted by Crippen LogP contribution is -2.16. The van der Waals surface area contributed by atoms with Gasteiger partial charge in [-0.1, -0.05) is 41.9 Å². The minimum atomic E-state index is -0.650. The maximum absolute atomic E-state index is 9.91. The van der Waals surface area contributed by atoms with Crippen LogP contribution in [-0.4, -0.2) is 18.0 Å². The Morgan fingerprint density at radius 1 is 0.955 bits per heavy atom. The molecule has 0 aliphatic rings. The summed E-state index contributed by atoms with van der Waals surface area (Å²) < 4.78 is 5.49. The molecule has 128 valence electrons. The fourth-order valence-corrected chi connectivity index (χ4v) is 2.18. The molecule has 0 aromatic heterocycles. The van der Waals surface area contributed by atoms with Crippen molar-refractivity contribution in [2.75, 3.05) is 6.61 Å². The van der Waals surface area contributed by atoms with E-state index in [1.807, 2.05) is 0 Å². The molecule has 0 rings (SSSR count). The number of aliphatic hydroxyl groups is 1. The Kier molecular flexibility index (Phi) is 12.2. The Morgan fingerprint density at radius 2 is 1.55 bits per heavy atom. The van der Waals surface area contributed by atoms with E-state index in [4.69, 9.17) is 4.74 Å². The molecule has 2 atom stereocenters. The first-order chi connectivity index (χ1) is 10.3. The summed E-state index contributed by atoms with van der Waals surface area (Å²) in [4.78, 5) is 0. The highest BCUT2D eigenvalue weighted by Crippen LogP contribution is 2.15. The molecule has 2 heteroatoms. The van der Waals surface area contributed by atoms with Gasteiger partial charge in [-0.05, 0) is 66.2 Å². The number of hydrogen-bond donors (Lipinski definition) is 1. The number of rotatable bonds is 11. The van der Waals surface area contributed by atoms with E-state index in [1.165, 1.54) is 16.7 Å². The second kappa shape index (κ2) is 12.7. The minimum Gasteiger partial charge on any atom is -0.368 e. The van der Waals surface area contributed by atoms with E-state index in [0.717, 1.165) is 25.7 Å². The minimum absolute atomic E-state index is 0.480. The molecule has 0 radical (unpaired) electrons. The highest BCUT2D eigenvalue weighted by Gasteiger charge is 2.09. The highest BCUT2D eigenvalue weighted by atomic mass is 16.6. The molecular formula is C20H36O2. The number of hydrogen-bond acceptors (Lipinski definition) is 2. The van der Waals surface area contributed by atoms with Gasteiger partial charge in [0.25, 0.3) is 0 Å². The molecule has 22 heavy (non-hydrogen) atoms.